The summed E-state index contributed by atoms with van der Waals surface area (Å²) < 4.78 is 58.6. The van der Waals surface area contributed by atoms with Crippen LogP contribution in [0.4, 0.5) is 14.7 Å². The fourth-order valence-corrected chi connectivity index (χ4v) is 4.34. The Labute approximate surface area is 182 Å². The lowest BCUT2D eigenvalue weighted by molar-refractivity contribution is 0.576. The number of nitrogens with one attached hydrogen (secondary N) is 1. The lowest BCUT2D eigenvalue weighted by Crippen LogP contribution is -2.07. The summed E-state index contributed by atoms with van der Waals surface area (Å²) in [6.45, 7) is 0.170. The Hall–Kier alpha value is -3.23. The highest BCUT2D eigenvalue weighted by Gasteiger charge is 2.28. The van der Waals surface area contributed by atoms with Crippen LogP contribution >= 0.6 is 11.6 Å². The molecule has 1 N–H and O–H groups in total. The van der Waals surface area contributed by atoms with E-state index in [2.05, 4.69) is 10.3 Å². The molecule has 3 aromatic carbocycles. The first-order chi connectivity index (χ1) is 14.8. The van der Waals surface area contributed by atoms with Gasteiger partial charge in [0.15, 0.2) is 0 Å². The zero-order chi connectivity index (χ0) is 22.0. The molecule has 9 heteroatoms. The third-order valence-electron chi connectivity index (χ3n) is 4.46. The van der Waals surface area contributed by atoms with Gasteiger partial charge >= 0.3 is 0 Å². The molecular formula is C22H15ClF2N2O3S. The van der Waals surface area contributed by atoms with Gasteiger partial charge in [-0.3, -0.25) is 0 Å². The fourth-order valence-electron chi connectivity index (χ4n) is 2.86. The summed E-state index contributed by atoms with van der Waals surface area (Å²) in [5.74, 6) is -1.14. The summed E-state index contributed by atoms with van der Waals surface area (Å²) >= 11 is 6.17. The second-order valence-corrected chi connectivity index (χ2v) is 8.83. The van der Waals surface area contributed by atoms with Crippen LogP contribution in [0.5, 0.6) is 0 Å². The number of benzene rings is 3. The molecule has 0 saturated heterocycles. The predicted molar refractivity (Wildman–Crippen MR) is 113 cm³/mol. The van der Waals surface area contributed by atoms with Gasteiger partial charge in [-0.25, -0.2) is 17.2 Å². The van der Waals surface area contributed by atoms with Crippen LogP contribution in [0.3, 0.4) is 0 Å². The van der Waals surface area contributed by atoms with Gasteiger partial charge in [0.2, 0.25) is 26.6 Å². The Morgan fingerprint density at radius 3 is 2.16 bits per heavy atom. The van der Waals surface area contributed by atoms with Crippen molar-refractivity contribution in [3.05, 3.63) is 95.0 Å². The Morgan fingerprint density at radius 2 is 1.52 bits per heavy atom. The van der Waals surface area contributed by atoms with Crippen molar-refractivity contribution in [3.63, 3.8) is 0 Å². The van der Waals surface area contributed by atoms with E-state index in [4.69, 9.17) is 16.0 Å². The maximum Gasteiger partial charge on any atom is 0.234 e. The van der Waals surface area contributed by atoms with Crippen molar-refractivity contribution in [1.29, 1.82) is 0 Å². The van der Waals surface area contributed by atoms with Gasteiger partial charge in [-0.15, -0.1) is 0 Å². The fraction of sp³-hybridized carbons (Fsp3) is 0.0455. The zero-order valence-corrected chi connectivity index (χ0v) is 17.4. The minimum absolute atomic E-state index is 0.0117. The van der Waals surface area contributed by atoms with Crippen molar-refractivity contribution in [2.75, 3.05) is 5.32 Å². The van der Waals surface area contributed by atoms with E-state index in [1.165, 1.54) is 24.3 Å². The Morgan fingerprint density at radius 1 is 0.903 bits per heavy atom. The maximum absolute atomic E-state index is 13.3. The van der Waals surface area contributed by atoms with E-state index >= 15 is 0 Å². The summed E-state index contributed by atoms with van der Waals surface area (Å²) in [4.78, 5) is 4.00. The topological polar surface area (TPSA) is 72.2 Å². The van der Waals surface area contributed by atoms with Crippen LogP contribution in [-0.2, 0) is 16.4 Å². The highest BCUT2D eigenvalue weighted by Crippen LogP contribution is 2.33. The minimum atomic E-state index is -4.14. The molecule has 0 amide bonds. The van der Waals surface area contributed by atoms with Gasteiger partial charge in [-0.1, -0.05) is 29.8 Å². The van der Waals surface area contributed by atoms with Gasteiger partial charge in [0.25, 0.3) is 0 Å². The molecule has 4 rings (SSSR count). The van der Waals surface area contributed by atoms with Gasteiger partial charge in [0.05, 0.1) is 4.90 Å². The molecule has 0 atom stereocenters. The number of sulfone groups is 1. The third-order valence-corrected chi connectivity index (χ3v) is 6.51. The summed E-state index contributed by atoms with van der Waals surface area (Å²) in [7, 11) is -4.14. The van der Waals surface area contributed by atoms with Crippen LogP contribution in [0.1, 0.15) is 5.56 Å². The highest BCUT2D eigenvalue weighted by molar-refractivity contribution is 7.91. The molecule has 158 valence electrons. The van der Waals surface area contributed by atoms with Crippen LogP contribution < -0.4 is 5.32 Å². The van der Waals surface area contributed by atoms with E-state index < -0.39 is 21.5 Å². The first-order valence-corrected chi connectivity index (χ1v) is 11.0. The van der Waals surface area contributed by atoms with Crippen molar-refractivity contribution in [1.82, 2.24) is 4.98 Å². The second kappa shape index (κ2) is 8.49. The molecular weight excluding hydrogens is 446 g/mol. The number of hydrogen-bond donors (Lipinski definition) is 1. The van der Waals surface area contributed by atoms with Crippen LogP contribution in [-0.4, -0.2) is 13.4 Å². The quantitative estimate of drug-likeness (QED) is 0.373. The number of anilines is 1. The van der Waals surface area contributed by atoms with Gasteiger partial charge in [-0.05, 0) is 60.2 Å². The minimum Gasteiger partial charge on any atom is -0.419 e. The summed E-state index contributed by atoms with van der Waals surface area (Å²) in [6, 6.07) is 16.7. The Balaban J connectivity index is 1.77. The highest BCUT2D eigenvalue weighted by atomic mass is 35.5. The van der Waals surface area contributed by atoms with Gasteiger partial charge < -0.3 is 9.73 Å². The van der Waals surface area contributed by atoms with Crippen LogP contribution in [0.2, 0.25) is 5.02 Å². The second-order valence-electron chi connectivity index (χ2n) is 6.56. The molecule has 1 aromatic heterocycles. The average molecular weight is 461 g/mol. The molecule has 0 unspecified atom stereocenters. The summed E-state index contributed by atoms with van der Waals surface area (Å²) in [5, 5.41) is 3.04. The van der Waals surface area contributed by atoms with Crippen LogP contribution in [0.15, 0.2) is 87.1 Å². The monoisotopic (exact) mass is 460 g/mol. The molecule has 1 heterocycles. The number of nitrogens with zero attached hydrogens (tertiary/aromatic N) is 1. The van der Waals surface area contributed by atoms with Crippen molar-refractivity contribution in [2.45, 2.75) is 16.5 Å². The summed E-state index contributed by atoms with van der Waals surface area (Å²) in [5.41, 5.74) is 1.11. The number of rotatable bonds is 6. The molecule has 0 aliphatic rings. The first-order valence-electron chi connectivity index (χ1n) is 9.09. The molecule has 0 aliphatic carbocycles. The first kappa shape index (κ1) is 21.0. The van der Waals surface area contributed by atoms with E-state index in [1.54, 1.807) is 24.3 Å². The molecule has 0 fully saturated rings. The van der Waals surface area contributed by atoms with Gasteiger partial charge in [-0.2, -0.15) is 4.98 Å². The molecule has 0 spiro atoms. The molecule has 4 aromatic rings. The summed E-state index contributed by atoms with van der Waals surface area (Å²) in [6.07, 6.45) is 0. The van der Waals surface area contributed by atoms with E-state index in [9.17, 15) is 17.2 Å². The van der Waals surface area contributed by atoms with E-state index in [0.717, 1.165) is 24.3 Å². The van der Waals surface area contributed by atoms with Gasteiger partial charge in [0, 0.05) is 17.1 Å². The number of oxazole rings is 1. The maximum atomic E-state index is 13.3. The zero-order valence-electron chi connectivity index (χ0n) is 15.8. The molecule has 0 saturated carbocycles. The lowest BCUT2D eigenvalue weighted by Gasteiger charge is -2.07. The van der Waals surface area contributed by atoms with E-state index in [0.29, 0.717) is 16.1 Å². The molecule has 0 radical (unpaired) electrons. The molecule has 0 aliphatic heterocycles. The SMILES string of the molecule is O=S(=O)(c1ccc(F)cc1)c1nc(-c2ccc(F)cc2)oc1NCc1ccccc1Cl. The van der Waals surface area contributed by atoms with Crippen molar-refractivity contribution in [2.24, 2.45) is 0 Å². The van der Waals surface area contributed by atoms with Crippen molar-refractivity contribution in [3.8, 4) is 11.5 Å². The molecule has 31 heavy (non-hydrogen) atoms. The number of halogens is 3. The van der Waals surface area contributed by atoms with Crippen molar-refractivity contribution < 1.29 is 21.6 Å². The van der Waals surface area contributed by atoms with Crippen LogP contribution in [0.25, 0.3) is 11.5 Å². The number of hydrogen-bond acceptors (Lipinski definition) is 5. The Kier molecular flexibility index (Phi) is 5.75. The van der Waals surface area contributed by atoms with E-state index in [1.807, 2.05) is 0 Å². The largest absolute Gasteiger partial charge is 0.419 e. The van der Waals surface area contributed by atoms with Crippen molar-refractivity contribution >= 4 is 27.3 Å². The standard InChI is InChI=1S/C22H15ClF2N2O3S/c23-19-4-2-1-3-15(19)13-26-21-22(31(28,29)18-11-9-17(25)10-12-18)27-20(30-21)14-5-7-16(24)8-6-14/h1-12,26H,13H2. The third kappa shape index (κ3) is 4.45. The van der Waals surface area contributed by atoms with E-state index in [-0.39, 0.29) is 28.2 Å². The Bertz CT molecular complexity index is 1320. The van der Waals surface area contributed by atoms with Crippen LogP contribution in [0, 0.1) is 11.6 Å². The predicted octanol–water partition coefficient (Wildman–Crippen LogP) is 5.72. The van der Waals surface area contributed by atoms with Gasteiger partial charge in [0.1, 0.15) is 11.6 Å². The normalized spacial score (nSPS) is 11.5. The number of aromatic nitrogens is 1. The lowest BCUT2D eigenvalue weighted by atomic mass is 10.2. The molecule has 0 bridgehead atoms. The average Bonchev–Trinajstić information content (AvgIpc) is 3.19. The smallest absolute Gasteiger partial charge is 0.234 e. The molecule has 5 nitrogen and oxygen atoms in total.